The number of nitriles is 1. The Labute approximate surface area is 213 Å². The minimum atomic E-state index is -2.23. The van der Waals surface area contributed by atoms with Crippen molar-refractivity contribution in [2.75, 3.05) is 4.90 Å². The molecule has 9 heteroatoms. The van der Waals surface area contributed by atoms with Crippen molar-refractivity contribution >= 4 is 23.2 Å². The summed E-state index contributed by atoms with van der Waals surface area (Å²) in [6.45, 7) is 0. The fourth-order valence-electron chi connectivity index (χ4n) is 4.54. The summed E-state index contributed by atoms with van der Waals surface area (Å²) in [7, 11) is 0. The summed E-state index contributed by atoms with van der Waals surface area (Å²) in [6.07, 6.45) is 0. The van der Waals surface area contributed by atoms with Gasteiger partial charge in [-0.3, -0.25) is 14.5 Å². The van der Waals surface area contributed by atoms with Gasteiger partial charge in [0.15, 0.2) is 0 Å². The van der Waals surface area contributed by atoms with Gasteiger partial charge in [-0.2, -0.15) is 5.26 Å². The number of nitrogens with zero attached hydrogens (tertiary/aromatic N) is 3. The summed E-state index contributed by atoms with van der Waals surface area (Å²) in [5, 5.41) is 10.6. The summed E-state index contributed by atoms with van der Waals surface area (Å²) in [5.74, 6) is -7.23. The molecule has 1 aliphatic heterocycles. The SMILES string of the molecule is N#CC1(c2ccccc2)C(=NC(=O)c2c(F)cccc2F)c2ccccc2N1C(=O)c1c(F)cccc1F. The summed E-state index contributed by atoms with van der Waals surface area (Å²) in [4.78, 5) is 31.8. The maximum atomic E-state index is 14.8. The first-order chi connectivity index (χ1) is 18.3. The average Bonchev–Trinajstić information content (AvgIpc) is 3.19. The van der Waals surface area contributed by atoms with Crippen LogP contribution in [0, 0.1) is 34.6 Å². The van der Waals surface area contributed by atoms with E-state index in [1.54, 1.807) is 18.2 Å². The van der Waals surface area contributed by atoms with Gasteiger partial charge >= 0.3 is 0 Å². The molecule has 5 nitrogen and oxygen atoms in total. The first-order valence-electron chi connectivity index (χ1n) is 11.2. The van der Waals surface area contributed by atoms with Crippen LogP contribution in [0.5, 0.6) is 0 Å². The molecule has 0 radical (unpaired) electrons. The van der Waals surface area contributed by atoms with Crippen LogP contribution in [0.25, 0.3) is 0 Å². The first kappa shape index (κ1) is 24.6. The van der Waals surface area contributed by atoms with Crippen LogP contribution in [0.1, 0.15) is 31.8 Å². The predicted molar refractivity (Wildman–Crippen MR) is 131 cm³/mol. The van der Waals surface area contributed by atoms with Crippen molar-refractivity contribution in [2.24, 2.45) is 4.99 Å². The molecule has 0 saturated carbocycles. The minimum Gasteiger partial charge on any atom is -0.279 e. The lowest BCUT2D eigenvalue weighted by Gasteiger charge is -2.33. The molecule has 0 aromatic heterocycles. The topological polar surface area (TPSA) is 73.5 Å². The molecule has 0 saturated heterocycles. The number of carbonyl (C=O) groups is 2. The maximum absolute atomic E-state index is 14.8. The number of hydrogen-bond donors (Lipinski definition) is 0. The van der Waals surface area contributed by atoms with Crippen molar-refractivity contribution in [2.45, 2.75) is 5.54 Å². The van der Waals surface area contributed by atoms with Crippen molar-refractivity contribution < 1.29 is 27.2 Å². The average molecular weight is 513 g/mol. The van der Waals surface area contributed by atoms with Gasteiger partial charge in [-0.25, -0.2) is 22.6 Å². The quantitative estimate of drug-likeness (QED) is 0.318. The molecule has 1 aliphatic rings. The standard InChI is InChI=1S/C29H15F4N3O2/c30-19-11-6-12-20(31)24(19)27(37)35-26-18-10-4-5-15-23(18)36(28(38)25-21(32)13-7-14-22(25)33)29(26,16-34)17-8-2-1-3-9-17/h1-15H. The largest absolute Gasteiger partial charge is 0.283 e. The van der Waals surface area contributed by atoms with Gasteiger partial charge in [0.05, 0.1) is 11.4 Å². The van der Waals surface area contributed by atoms with Crippen LogP contribution >= 0.6 is 0 Å². The highest BCUT2D eigenvalue weighted by Crippen LogP contribution is 2.46. The molecule has 4 aromatic carbocycles. The molecular formula is C29H15F4N3O2. The Morgan fingerprint density at radius 1 is 0.711 bits per heavy atom. The highest BCUT2D eigenvalue weighted by Gasteiger charge is 2.55. The zero-order valence-corrected chi connectivity index (χ0v) is 19.3. The van der Waals surface area contributed by atoms with Crippen molar-refractivity contribution in [3.8, 4) is 6.07 Å². The molecule has 0 bridgehead atoms. The molecule has 1 unspecified atom stereocenters. The lowest BCUT2D eigenvalue weighted by Crippen LogP contribution is -2.50. The number of fused-ring (bicyclic) bond motifs is 1. The summed E-state index contributed by atoms with van der Waals surface area (Å²) in [5.41, 5.74) is -4.20. The van der Waals surface area contributed by atoms with Crippen LogP contribution in [0.2, 0.25) is 0 Å². The number of aliphatic imine (C=N–C) groups is 1. The summed E-state index contributed by atoms with van der Waals surface area (Å²) >= 11 is 0. The molecule has 5 rings (SSSR count). The smallest absolute Gasteiger partial charge is 0.279 e. The van der Waals surface area contributed by atoms with E-state index in [9.17, 15) is 32.4 Å². The van der Waals surface area contributed by atoms with E-state index in [0.29, 0.717) is 0 Å². The molecule has 0 spiro atoms. The van der Waals surface area contributed by atoms with Gasteiger partial charge < -0.3 is 0 Å². The Bertz CT molecular complexity index is 1640. The second-order valence-electron chi connectivity index (χ2n) is 8.30. The number of benzene rings is 4. The van der Waals surface area contributed by atoms with E-state index in [-0.39, 0.29) is 22.5 Å². The molecule has 186 valence electrons. The Kier molecular flexibility index (Phi) is 6.09. The highest BCUT2D eigenvalue weighted by atomic mass is 19.1. The van der Waals surface area contributed by atoms with Crippen LogP contribution in [0.15, 0.2) is 96.0 Å². The Morgan fingerprint density at radius 2 is 1.24 bits per heavy atom. The van der Waals surface area contributed by atoms with Gasteiger partial charge in [0.25, 0.3) is 11.8 Å². The lowest BCUT2D eigenvalue weighted by atomic mass is 9.84. The number of anilines is 1. The zero-order valence-electron chi connectivity index (χ0n) is 19.3. The molecule has 1 atom stereocenters. The van der Waals surface area contributed by atoms with Crippen molar-refractivity contribution in [3.05, 3.63) is 137 Å². The lowest BCUT2D eigenvalue weighted by molar-refractivity contribution is 0.0962. The number of amides is 2. The normalized spacial score (nSPS) is 17.2. The van der Waals surface area contributed by atoms with E-state index in [0.717, 1.165) is 41.3 Å². The summed E-state index contributed by atoms with van der Waals surface area (Å²) in [6, 6.07) is 21.3. The van der Waals surface area contributed by atoms with E-state index in [2.05, 4.69) is 4.99 Å². The molecule has 0 aliphatic carbocycles. The molecule has 2 amide bonds. The van der Waals surface area contributed by atoms with Crippen LogP contribution < -0.4 is 4.90 Å². The predicted octanol–water partition coefficient (Wildman–Crippen LogP) is 5.95. The van der Waals surface area contributed by atoms with Gasteiger partial charge in [-0.1, -0.05) is 60.7 Å². The molecule has 4 aromatic rings. The third-order valence-electron chi connectivity index (χ3n) is 6.20. The van der Waals surface area contributed by atoms with Crippen molar-refractivity contribution in [3.63, 3.8) is 0 Å². The molecule has 0 N–H and O–H groups in total. The highest BCUT2D eigenvalue weighted by molar-refractivity contribution is 6.29. The molecule has 1 heterocycles. The third-order valence-corrected chi connectivity index (χ3v) is 6.20. The van der Waals surface area contributed by atoms with Gasteiger partial charge in [-0.05, 0) is 35.9 Å². The number of carbonyl (C=O) groups excluding carboxylic acids is 2. The fourth-order valence-corrected chi connectivity index (χ4v) is 4.54. The van der Waals surface area contributed by atoms with Crippen LogP contribution in [0.4, 0.5) is 23.2 Å². The van der Waals surface area contributed by atoms with Crippen LogP contribution in [-0.4, -0.2) is 17.5 Å². The fraction of sp³-hybridized carbons (Fsp3) is 0.0345. The molecule has 0 fully saturated rings. The zero-order chi connectivity index (χ0) is 27.0. The molecule has 38 heavy (non-hydrogen) atoms. The third kappa shape index (κ3) is 3.66. The Hall–Kier alpha value is -5.10. The number of halogens is 4. The Morgan fingerprint density at radius 3 is 1.82 bits per heavy atom. The number of hydrogen-bond acceptors (Lipinski definition) is 3. The molecular weight excluding hydrogens is 498 g/mol. The van der Waals surface area contributed by atoms with Crippen LogP contribution in [0.3, 0.4) is 0 Å². The first-order valence-corrected chi connectivity index (χ1v) is 11.2. The number of rotatable bonds is 3. The number of para-hydroxylation sites is 1. The summed E-state index contributed by atoms with van der Waals surface area (Å²) < 4.78 is 58.4. The van der Waals surface area contributed by atoms with Gasteiger partial charge in [0.1, 0.15) is 40.5 Å². The minimum absolute atomic E-state index is 0.0195. The monoisotopic (exact) mass is 513 g/mol. The second-order valence-corrected chi connectivity index (χ2v) is 8.30. The van der Waals surface area contributed by atoms with Crippen molar-refractivity contribution in [1.29, 1.82) is 5.26 Å². The van der Waals surface area contributed by atoms with E-state index >= 15 is 0 Å². The van der Waals surface area contributed by atoms with Gasteiger partial charge in [0, 0.05) is 5.56 Å². The van der Waals surface area contributed by atoms with E-state index in [1.807, 2.05) is 6.07 Å². The van der Waals surface area contributed by atoms with E-state index in [4.69, 9.17) is 0 Å². The van der Waals surface area contributed by atoms with Crippen LogP contribution in [-0.2, 0) is 5.54 Å². The Balaban J connectivity index is 1.84. The maximum Gasteiger partial charge on any atom is 0.283 e. The second kappa shape index (κ2) is 9.41. The van der Waals surface area contributed by atoms with E-state index in [1.165, 1.54) is 36.4 Å². The van der Waals surface area contributed by atoms with E-state index < -0.39 is 51.7 Å². The van der Waals surface area contributed by atoms with Gasteiger partial charge in [0.2, 0.25) is 5.54 Å². The van der Waals surface area contributed by atoms with Gasteiger partial charge in [-0.15, -0.1) is 0 Å². The van der Waals surface area contributed by atoms with Crippen molar-refractivity contribution in [1.82, 2.24) is 0 Å².